The highest BCUT2D eigenvalue weighted by Gasteiger charge is 2.16. The van der Waals surface area contributed by atoms with Gasteiger partial charge in [-0.25, -0.2) is 8.42 Å². The van der Waals surface area contributed by atoms with Crippen LogP contribution in [0.2, 0.25) is 0 Å². The van der Waals surface area contributed by atoms with Crippen LogP contribution in [0.5, 0.6) is 0 Å². The first kappa shape index (κ1) is 21.9. The number of anilines is 1. The average molecular weight is 405 g/mol. The van der Waals surface area contributed by atoms with Gasteiger partial charge in [0, 0.05) is 18.7 Å². The maximum absolute atomic E-state index is 12.5. The fourth-order valence-electron chi connectivity index (χ4n) is 2.54. The smallest absolute Gasteiger partial charge is 0.261 e. The molecule has 152 valence electrons. The summed E-state index contributed by atoms with van der Waals surface area (Å²) in [6.07, 6.45) is 0.909. The molecule has 0 saturated carbocycles. The van der Waals surface area contributed by atoms with E-state index in [1.165, 1.54) is 0 Å². The summed E-state index contributed by atoms with van der Waals surface area (Å²) < 4.78 is 33.1. The van der Waals surface area contributed by atoms with Crippen molar-refractivity contribution in [3.8, 4) is 0 Å². The molecule has 0 saturated heterocycles. The molecule has 2 rings (SSSR count). The molecule has 0 fully saturated rings. The van der Waals surface area contributed by atoms with E-state index < -0.39 is 10.0 Å². The molecule has 0 aliphatic heterocycles. The third-order valence-corrected chi connectivity index (χ3v) is 5.50. The minimum absolute atomic E-state index is 0.176. The van der Waals surface area contributed by atoms with E-state index >= 15 is 0 Å². The molecule has 0 heterocycles. The Balaban J connectivity index is 1.99. The van der Waals surface area contributed by atoms with Gasteiger partial charge < -0.3 is 10.1 Å². The molecule has 28 heavy (non-hydrogen) atoms. The monoisotopic (exact) mass is 404 g/mol. The Morgan fingerprint density at radius 2 is 1.75 bits per heavy atom. The fraction of sp³-hybridized carbons (Fsp3) is 0.381. The summed E-state index contributed by atoms with van der Waals surface area (Å²) in [5.74, 6) is -0.194. The van der Waals surface area contributed by atoms with Gasteiger partial charge >= 0.3 is 0 Å². The fourth-order valence-corrected chi connectivity index (χ4v) is 3.67. The summed E-state index contributed by atoms with van der Waals surface area (Å²) in [5, 5.41) is 2.84. The van der Waals surface area contributed by atoms with E-state index in [2.05, 4.69) is 10.0 Å². The van der Waals surface area contributed by atoms with Gasteiger partial charge in [0.1, 0.15) is 0 Å². The Kier molecular flexibility index (Phi) is 7.60. The molecule has 0 atom stereocenters. The van der Waals surface area contributed by atoms with Crippen molar-refractivity contribution in [2.45, 2.75) is 45.1 Å². The molecule has 0 bridgehead atoms. The summed E-state index contributed by atoms with van der Waals surface area (Å²) in [4.78, 5) is 12.5. The molecule has 0 unspecified atom stereocenters. The van der Waals surface area contributed by atoms with Crippen molar-refractivity contribution in [2.24, 2.45) is 0 Å². The van der Waals surface area contributed by atoms with Crippen LogP contribution < -0.4 is 10.0 Å². The number of sulfonamides is 1. The second-order valence-corrected chi connectivity index (χ2v) is 8.66. The zero-order valence-corrected chi connectivity index (χ0v) is 17.6. The predicted octanol–water partition coefficient (Wildman–Crippen LogP) is 3.65. The van der Waals surface area contributed by atoms with Crippen LogP contribution >= 0.6 is 0 Å². The third kappa shape index (κ3) is 6.35. The number of ether oxygens (including phenoxy) is 1. The maximum Gasteiger partial charge on any atom is 0.261 e. The van der Waals surface area contributed by atoms with Gasteiger partial charge in [-0.3, -0.25) is 9.52 Å². The van der Waals surface area contributed by atoms with E-state index in [-0.39, 0.29) is 16.9 Å². The Bertz CT molecular complexity index is 907. The number of nitrogens with one attached hydrogen (secondary N) is 2. The van der Waals surface area contributed by atoms with Crippen LogP contribution in [0.15, 0.2) is 47.4 Å². The minimum Gasteiger partial charge on any atom is -0.379 e. The van der Waals surface area contributed by atoms with Gasteiger partial charge in [0.2, 0.25) is 0 Å². The molecule has 2 aromatic carbocycles. The van der Waals surface area contributed by atoms with Crippen molar-refractivity contribution in [1.82, 2.24) is 5.32 Å². The van der Waals surface area contributed by atoms with Crippen molar-refractivity contribution in [1.29, 1.82) is 0 Å². The summed E-state index contributed by atoms with van der Waals surface area (Å²) >= 11 is 0. The molecule has 7 heteroatoms. The molecule has 2 N–H and O–H groups in total. The molecule has 0 aliphatic carbocycles. The van der Waals surface area contributed by atoms with Crippen LogP contribution in [0.25, 0.3) is 0 Å². The topological polar surface area (TPSA) is 84.5 Å². The SMILES string of the molecule is Cc1ccc(S(=O)(=O)Nc2ccc(C(=O)NCCCOC(C)C)cc2C)cc1. The highest BCUT2D eigenvalue weighted by molar-refractivity contribution is 7.92. The zero-order valence-electron chi connectivity index (χ0n) is 16.8. The standard InChI is InChI=1S/C21H28N2O4S/c1-15(2)27-13-5-12-22-21(24)18-8-11-20(17(4)14-18)23-28(25,26)19-9-6-16(3)7-10-19/h6-11,14-15,23H,5,12-13H2,1-4H3,(H,22,24). The quantitative estimate of drug-likeness (QED) is 0.625. The number of rotatable bonds is 9. The second-order valence-electron chi connectivity index (χ2n) is 6.98. The lowest BCUT2D eigenvalue weighted by Crippen LogP contribution is -2.25. The first-order valence-electron chi connectivity index (χ1n) is 9.29. The number of hydrogen-bond donors (Lipinski definition) is 2. The number of hydrogen-bond acceptors (Lipinski definition) is 4. The van der Waals surface area contributed by atoms with Crippen LogP contribution in [0.1, 0.15) is 41.8 Å². The molecule has 1 amide bonds. The van der Waals surface area contributed by atoms with Crippen LogP contribution in [-0.4, -0.2) is 33.6 Å². The lowest BCUT2D eigenvalue weighted by molar-refractivity contribution is 0.0757. The molecule has 6 nitrogen and oxygen atoms in total. The Morgan fingerprint density at radius 1 is 1.07 bits per heavy atom. The van der Waals surface area contributed by atoms with E-state index in [9.17, 15) is 13.2 Å². The van der Waals surface area contributed by atoms with E-state index in [0.717, 1.165) is 12.0 Å². The second kappa shape index (κ2) is 9.71. The number of amides is 1. The zero-order chi connectivity index (χ0) is 20.7. The normalized spacial score (nSPS) is 11.5. The third-order valence-electron chi connectivity index (χ3n) is 4.12. The summed E-state index contributed by atoms with van der Waals surface area (Å²) in [6, 6.07) is 11.5. The summed E-state index contributed by atoms with van der Waals surface area (Å²) in [6.45, 7) is 8.71. The first-order valence-corrected chi connectivity index (χ1v) is 10.8. The van der Waals surface area contributed by atoms with Gasteiger partial charge in [0.15, 0.2) is 0 Å². The molecule has 0 radical (unpaired) electrons. The van der Waals surface area contributed by atoms with Gasteiger partial charge in [0.05, 0.1) is 16.7 Å². The first-order chi connectivity index (χ1) is 13.2. The number of aryl methyl sites for hydroxylation is 2. The lowest BCUT2D eigenvalue weighted by Gasteiger charge is -2.12. The van der Waals surface area contributed by atoms with E-state index in [1.54, 1.807) is 49.4 Å². The van der Waals surface area contributed by atoms with Gasteiger partial charge in [-0.15, -0.1) is 0 Å². The van der Waals surface area contributed by atoms with Crippen LogP contribution in [0, 0.1) is 13.8 Å². The summed E-state index contributed by atoms with van der Waals surface area (Å²) in [7, 11) is -3.68. The number of carbonyl (C=O) groups excluding carboxylic acids is 1. The molecular formula is C21H28N2O4S. The highest BCUT2D eigenvalue weighted by atomic mass is 32.2. The van der Waals surface area contributed by atoms with Crippen molar-refractivity contribution in [3.05, 3.63) is 59.2 Å². The number of benzene rings is 2. The van der Waals surface area contributed by atoms with Crippen LogP contribution in [-0.2, 0) is 14.8 Å². The highest BCUT2D eigenvalue weighted by Crippen LogP contribution is 2.21. The van der Waals surface area contributed by atoms with Gasteiger partial charge in [-0.2, -0.15) is 0 Å². The predicted molar refractivity (Wildman–Crippen MR) is 111 cm³/mol. The molecular weight excluding hydrogens is 376 g/mol. The van der Waals surface area contributed by atoms with E-state index in [4.69, 9.17) is 4.74 Å². The molecule has 0 aromatic heterocycles. The van der Waals surface area contributed by atoms with Gasteiger partial charge in [-0.05, 0) is 70.0 Å². The molecule has 0 aliphatic rings. The Hall–Kier alpha value is -2.38. The number of carbonyl (C=O) groups is 1. The Labute approximate surface area is 167 Å². The average Bonchev–Trinajstić information content (AvgIpc) is 2.63. The van der Waals surface area contributed by atoms with Gasteiger partial charge in [-0.1, -0.05) is 17.7 Å². The lowest BCUT2D eigenvalue weighted by atomic mass is 10.1. The van der Waals surface area contributed by atoms with Crippen LogP contribution in [0.4, 0.5) is 5.69 Å². The minimum atomic E-state index is -3.68. The van der Waals surface area contributed by atoms with Gasteiger partial charge in [0.25, 0.3) is 15.9 Å². The van der Waals surface area contributed by atoms with E-state index in [0.29, 0.717) is 30.0 Å². The van der Waals surface area contributed by atoms with Crippen molar-refractivity contribution in [3.63, 3.8) is 0 Å². The summed E-state index contributed by atoms with van der Waals surface area (Å²) in [5.41, 5.74) is 2.59. The van der Waals surface area contributed by atoms with Crippen molar-refractivity contribution < 1.29 is 17.9 Å². The maximum atomic E-state index is 12.5. The molecule has 2 aromatic rings. The molecule has 0 spiro atoms. The largest absolute Gasteiger partial charge is 0.379 e. The Morgan fingerprint density at radius 3 is 2.36 bits per heavy atom. The van der Waals surface area contributed by atoms with Crippen LogP contribution in [0.3, 0.4) is 0 Å². The van der Waals surface area contributed by atoms with E-state index in [1.807, 2.05) is 20.8 Å². The van der Waals surface area contributed by atoms with Crippen molar-refractivity contribution in [2.75, 3.05) is 17.9 Å². The van der Waals surface area contributed by atoms with Crippen molar-refractivity contribution >= 4 is 21.6 Å².